The lowest BCUT2D eigenvalue weighted by atomic mass is 9.81. The Labute approximate surface area is 292 Å². The quantitative estimate of drug-likeness (QED) is 0.108. The highest BCUT2D eigenvalue weighted by molar-refractivity contribution is 5.80. The topological polar surface area (TPSA) is 250 Å². The number of nitrogens with two attached hydrogens (primary N) is 4. The Morgan fingerprint density at radius 2 is 0.857 bits per heavy atom. The van der Waals surface area contributed by atoms with Gasteiger partial charge < -0.3 is 47.0 Å². The molecule has 0 aromatic rings. The smallest absolute Gasteiger partial charge is 0.411 e. The molecule has 4 unspecified atom stereocenters. The first kappa shape index (κ1) is 46.0. The molecule has 1 amide bonds. The molecule has 0 aromatic heterocycles. The molecule has 0 bridgehead atoms. The van der Waals surface area contributed by atoms with Gasteiger partial charge in [-0.2, -0.15) is 0 Å². The van der Waals surface area contributed by atoms with E-state index >= 15 is 0 Å². The minimum atomic E-state index is -1.44. The van der Waals surface area contributed by atoms with Crippen LogP contribution in [0.5, 0.6) is 0 Å². The number of aliphatic carboxylic acids is 1. The number of esters is 3. The van der Waals surface area contributed by atoms with Crippen molar-refractivity contribution in [1.29, 1.82) is 0 Å². The average molecular weight is 704 g/mol. The Hall–Kier alpha value is -3.01. The Bertz CT molecular complexity index is 1080. The fourth-order valence-electron chi connectivity index (χ4n) is 4.56. The van der Waals surface area contributed by atoms with Crippen LogP contribution in [0, 0.1) is 0 Å². The van der Waals surface area contributed by atoms with E-state index in [4.69, 9.17) is 41.9 Å². The Morgan fingerprint density at radius 3 is 1.16 bits per heavy atom. The maximum absolute atomic E-state index is 13.4. The van der Waals surface area contributed by atoms with Gasteiger partial charge in [-0.25, -0.2) is 9.59 Å². The molecule has 15 heteroatoms. The molecule has 0 rings (SSSR count). The van der Waals surface area contributed by atoms with Gasteiger partial charge in [0, 0.05) is 12.1 Å². The second-order valence-corrected chi connectivity index (χ2v) is 16.7. The molecule has 0 fully saturated rings. The first-order valence-corrected chi connectivity index (χ1v) is 16.8. The number of hydrogen-bond donors (Lipinski definition) is 5. The van der Waals surface area contributed by atoms with E-state index in [-0.39, 0.29) is 51.5 Å². The average Bonchev–Trinajstić information content (AvgIpc) is 2.87. The van der Waals surface area contributed by atoms with Gasteiger partial charge in [0.25, 0.3) is 0 Å². The summed E-state index contributed by atoms with van der Waals surface area (Å²) in [4.78, 5) is 64.8. The number of nitrogens with zero attached hydrogens (tertiary/aromatic N) is 1. The first-order chi connectivity index (χ1) is 21.8. The van der Waals surface area contributed by atoms with Crippen molar-refractivity contribution >= 4 is 30.0 Å². The molecule has 4 atom stereocenters. The molecule has 49 heavy (non-hydrogen) atoms. The Morgan fingerprint density at radius 1 is 0.551 bits per heavy atom. The normalized spacial score (nSPS) is 16.3. The van der Waals surface area contributed by atoms with E-state index in [9.17, 15) is 29.1 Å². The SMILES string of the molecule is CC(C)(C)OC(=O)C(N)CCN(C(=O)OC(C)(C)C)C(CCC(N)(CCC(N)C(=O)OC(C)(C)C)CCC(N)C(=O)OC(C)(C)C)C(=O)O. The van der Waals surface area contributed by atoms with Gasteiger partial charge >= 0.3 is 30.0 Å². The minimum Gasteiger partial charge on any atom is -0.480 e. The monoisotopic (exact) mass is 703 g/mol. The third-order valence-corrected chi connectivity index (χ3v) is 6.92. The lowest BCUT2D eigenvalue weighted by molar-refractivity contribution is -0.157. The summed E-state index contributed by atoms with van der Waals surface area (Å²) in [6.07, 6.45) is -0.719. The van der Waals surface area contributed by atoms with Crippen molar-refractivity contribution in [3.8, 4) is 0 Å². The zero-order valence-electron chi connectivity index (χ0n) is 31.8. The standard InChI is InChI=1S/C34H65N5O10/c1-30(2,3)46-26(42)21(35)13-17-34(38,18-14-22(36)27(43)47-31(4,5)6)19-15-24(25(40)41)39(29(45)49-33(10,11)12)20-16-23(37)28(44)48-32(7,8)9/h21-24H,13-20,35-38H2,1-12H3,(H,40,41). The highest BCUT2D eigenvalue weighted by Crippen LogP contribution is 2.28. The van der Waals surface area contributed by atoms with Gasteiger partial charge in [0.05, 0.1) is 0 Å². The van der Waals surface area contributed by atoms with E-state index in [1.165, 1.54) is 0 Å². The zero-order chi connectivity index (χ0) is 38.8. The molecular formula is C34H65N5O10. The highest BCUT2D eigenvalue weighted by atomic mass is 16.6. The number of hydrogen-bond acceptors (Lipinski definition) is 13. The van der Waals surface area contributed by atoms with Gasteiger partial charge in [0.15, 0.2) is 0 Å². The summed E-state index contributed by atoms with van der Waals surface area (Å²) in [5.41, 5.74) is 20.8. The predicted molar refractivity (Wildman–Crippen MR) is 185 cm³/mol. The molecule has 0 heterocycles. The summed E-state index contributed by atoms with van der Waals surface area (Å²) in [6.45, 7) is 20.0. The molecule has 15 nitrogen and oxygen atoms in total. The van der Waals surface area contributed by atoms with Crippen LogP contribution in [0.1, 0.15) is 128 Å². The summed E-state index contributed by atoms with van der Waals surface area (Å²) in [5.74, 6) is -3.29. The number of ether oxygens (including phenoxy) is 4. The van der Waals surface area contributed by atoms with Crippen LogP contribution in [-0.2, 0) is 38.1 Å². The summed E-state index contributed by atoms with van der Waals surface area (Å²) in [5, 5.41) is 10.3. The summed E-state index contributed by atoms with van der Waals surface area (Å²) in [6, 6.07) is -4.63. The predicted octanol–water partition coefficient (Wildman–Crippen LogP) is 3.11. The molecule has 0 radical (unpaired) electrons. The molecule has 0 aromatic carbocycles. The summed E-state index contributed by atoms with van der Waals surface area (Å²) < 4.78 is 21.6. The molecule has 0 saturated carbocycles. The van der Waals surface area contributed by atoms with Gasteiger partial charge in [0.2, 0.25) is 0 Å². The van der Waals surface area contributed by atoms with Gasteiger partial charge in [-0.15, -0.1) is 0 Å². The molecule has 0 aliphatic rings. The van der Waals surface area contributed by atoms with Gasteiger partial charge in [-0.3, -0.25) is 19.3 Å². The number of rotatable bonds is 17. The van der Waals surface area contributed by atoms with Crippen molar-refractivity contribution in [3.05, 3.63) is 0 Å². The summed E-state index contributed by atoms with van der Waals surface area (Å²) >= 11 is 0. The maximum Gasteiger partial charge on any atom is 0.411 e. The lowest BCUT2D eigenvalue weighted by Gasteiger charge is -2.36. The molecular weight excluding hydrogens is 638 g/mol. The largest absolute Gasteiger partial charge is 0.480 e. The van der Waals surface area contributed by atoms with Crippen LogP contribution >= 0.6 is 0 Å². The van der Waals surface area contributed by atoms with Crippen LogP contribution in [0.3, 0.4) is 0 Å². The zero-order valence-corrected chi connectivity index (χ0v) is 31.8. The van der Waals surface area contributed by atoms with Gasteiger partial charge in [-0.05, 0) is 128 Å². The number of carbonyl (C=O) groups excluding carboxylic acids is 4. The van der Waals surface area contributed by atoms with Crippen LogP contribution in [0.2, 0.25) is 0 Å². The van der Waals surface area contributed by atoms with Crippen LogP contribution in [-0.4, -0.2) is 98.6 Å². The van der Waals surface area contributed by atoms with Crippen molar-refractivity contribution in [3.63, 3.8) is 0 Å². The van der Waals surface area contributed by atoms with E-state index in [1.807, 2.05) is 0 Å². The summed E-state index contributed by atoms with van der Waals surface area (Å²) in [7, 11) is 0. The van der Waals surface area contributed by atoms with Crippen molar-refractivity contribution < 1.29 is 48.0 Å². The van der Waals surface area contributed by atoms with E-state index in [0.717, 1.165) is 4.90 Å². The van der Waals surface area contributed by atoms with Gasteiger partial charge in [-0.1, -0.05) is 0 Å². The molecule has 286 valence electrons. The van der Waals surface area contributed by atoms with Crippen molar-refractivity contribution in [1.82, 2.24) is 4.90 Å². The minimum absolute atomic E-state index is 0.0173. The second kappa shape index (κ2) is 18.3. The van der Waals surface area contributed by atoms with E-state index in [2.05, 4.69) is 0 Å². The number of carboxylic acid groups (broad SMARTS) is 1. The van der Waals surface area contributed by atoms with E-state index in [0.29, 0.717) is 0 Å². The molecule has 0 aliphatic heterocycles. The van der Waals surface area contributed by atoms with Crippen LogP contribution in [0.15, 0.2) is 0 Å². The molecule has 0 spiro atoms. The van der Waals surface area contributed by atoms with Crippen LogP contribution in [0.25, 0.3) is 0 Å². The Balaban J connectivity index is 6.29. The maximum atomic E-state index is 13.4. The Kier molecular flexibility index (Phi) is 17.2. The van der Waals surface area contributed by atoms with Crippen molar-refractivity contribution in [2.45, 2.75) is 180 Å². The fourth-order valence-corrected chi connectivity index (χ4v) is 4.56. The molecule has 0 aliphatic carbocycles. The van der Waals surface area contributed by atoms with Crippen LogP contribution < -0.4 is 22.9 Å². The third-order valence-electron chi connectivity index (χ3n) is 6.92. The van der Waals surface area contributed by atoms with E-state index in [1.54, 1.807) is 83.1 Å². The number of amides is 1. The van der Waals surface area contributed by atoms with Crippen LogP contribution in [0.4, 0.5) is 4.79 Å². The molecule has 9 N–H and O–H groups in total. The van der Waals surface area contributed by atoms with Crippen molar-refractivity contribution in [2.24, 2.45) is 22.9 Å². The fraction of sp³-hybridized carbons (Fsp3) is 0.853. The first-order valence-electron chi connectivity index (χ1n) is 16.8. The van der Waals surface area contributed by atoms with E-state index < -0.39 is 82.1 Å². The number of carboxylic acids is 1. The van der Waals surface area contributed by atoms with Crippen molar-refractivity contribution in [2.75, 3.05) is 6.54 Å². The molecule has 0 saturated heterocycles. The number of carbonyl (C=O) groups is 5. The highest BCUT2D eigenvalue weighted by Gasteiger charge is 2.38. The third kappa shape index (κ3) is 20.3. The van der Waals surface area contributed by atoms with Gasteiger partial charge in [0.1, 0.15) is 46.6 Å². The lowest BCUT2D eigenvalue weighted by Crippen LogP contribution is -2.51. The second-order valence-electron chi connectivity index (χ2n) is 16.7.